The minimum Gasteiger partial charge on any atom is -0.444 e. The number of aromatic nitrogens is 3. The Morgan fingerprint density at radius 1 is 1.03 bits per heavy atom. The molecule has 3 heterocycles. The molecule has 1 aliphatic carbocycles. The fourth-order valence-electron chi connectivity index (χ4n) is 4.64. The van der Waals surface area contributed by atoms with Crippen LogP contribution in [-0.4, -0.2) is 65.5 Å². The summed E-state index contributed by atoms with van der Waals surface area (Å²) in [6.07, 6.45) is 4.88. The molecule has 8 nitrogen and oxygen atoms in total. The molecule has 154 valence electrons. The molecule has 0 spiro atoms. The molecule has 3 fully saturated rings. The Balaban J connectivity index is 1.46. The van der Waals surface area contributed by atoms with E-state index in [-0.39, 0.29) is 6.23 Å². The van der Waals surface area contributed by atoms with Gasteiger partial charge in [-0.15, -0.1) is 0 Å². The van der Waals surface area contributed by atoms with E-state index in [0.717, 1.165) is 31.0 Å². The fourth-order valence-corrected chi connectivity index (χ4v) is 4.64. The van der Waals surface area contributed by atoms with E-state index in [1.54, 1.807) is 0 Å². The van der Waals surface area contributed by atoms with Gasteiger partial charge in [0.15, 0.2) is 12.1 Å². The van der Waals surface area contributed by atoms with E-state index in [4.69, 9.17) is 20.2 Å². The van der Waals surface area contributed by atoms with Crippen LogP contribution in [0.3, 0.4) is 0 Å². The van der Waals surface area contributed by atoms with Crippen molar-refractivity contribution in [2.24, 2.45) is 5.92 Å². The van der Waals surface area contributed by atoms with Crippen LogP contribution in [0.1, 0.15) is 25.7 Å². The Morgan fingerprint density at radius 2 is 1.83 bits per heavy atom. The molecular weight excluding hydrogens is 368 g/mol. The number of likely N-dealkylation sites (tertiary alicyclic amines) is 1. The van der Waals surface area contributed by atoms with Crippen LogP contribution < -0.4 is 15.4 Å². The number of anilines is 2. The van der Waals surface area contributed by atoms with Gasteiger partial charge in [0.1, 0.15) is 0 Å². The predicted molar refractivity (Wildman–Crippen MR) is 111 cm³/mol. The Hall–Kier alpha value is -2.45. The highest BCUT2D eigenvalue weighted by Crippen LogP contribution is 2.39. The summed E-state index contributed by atoms with van der Waals surface area (Å²) in [6, 6.07) is 8.60. The van der Waals surface area contributed by atoms with Crippen LogP contribution in [-0.2, 0) is 4.74 Å². The van der Waals surface area contributed by atoms with Crippen LogP contribution >= 0.6 is 0 Å². The van der Waals surface area contributed by atoms with Gasteiger partial charge >= 0.3 is 6.01 Å². The van der Waals surface area contributed by atoms with Gasteiger partial charge in [-0.25, -0.2) is 0 Å². The topological polar surface area (TPSA) is 89.6 Å². The van der Waals surface area contributed by atoms with Crippen LogP contribution in [0.2, 0.25) is 0 Å². The molecular formula is C21H28N6O2. The van der Waals surface area contributed by atoms with Crippen LogP contribution in [0.4, 0.5) is 11.6 Å². The third kappa shape index (κ3) is 3.86. The highest BCUT2D eigenvalue weighted by Gasteiger charge is 2.39. The first-order valence-corrected chi connectivity index (χ1v) is 10.5. The van der Waals surface area contributed by atoms with E-state index in [2.05, 4.69) is 26.8 Å². The molecule has 29 heavy (non-hydrogen) atoms. The Kier molecular flexibility index (Phi) is 4.97. The molecule has 1 aromatic carbocycles. The minimum absolute atomic E-state index is 0.0143. The van der Waals surface area contributed by atoms with Crippen LogP contribution in [0.15, 0.2) is 24.3 Å². The summed E-state index contributed by atoms with van der Waals surface area (Å²) in [5.74, 6) is 2.00. The molecule has 2 bridgehead atoms. The molecule has 1 saturated carbocycles. The zero-order valence-electron chi connectivity index (χ0n) is 16.8. The molecule has 3 atom stereocenters. The molecule has 0 radical (unpaired) electrons. The molecule has 3 unspecified atom stereocenters. The number of hydrogen-bond donors (Lipinski definition) is 1. The molecule has 0 amide bonds. The second-order valence-corrected chi connectivity index (χ2v) is 8.27. The molecule has 1 aromatic heterocycles. The molecule has 2 saturated heterocycles. The number of nitrogens with two attached hydrogens (primary N) is 1. The van der Waals surface area contributed by atoms with Crippen molar-refractivity contribution in [3.63, 3.8) is 0 Å². The molecule has 2 aromatic rings. The summed E-state index contributed by atoms with van der Waals surface area (Å²) < 4.78 is 11.8. The fraction of sp³-hybridized carbons (Fsp3) is 0.571. The van der Waals surface area contributed by atoms with Gasteiger partial charge < -0.3 is 20.1 Å². The third-order valence-corrected chi connectivity index (χ3v) is 6.39. The second kappa shape index (κ2) is 7.76. The first-order valence-electron chi connectivity index (χ1n) is 10.5. The summed E-state index contributed by atoms with van der Waals surface area (Å²) in [5, 5.41) is 0. The van der Waals surface area contributed by atoms with E-state index in [1.165, 1.54) is 19.3 Å². The Bertz CT molecular complexity index is 855. The molecule has 3 aliphatic rings. The number of morpholine rings is 1. The number of nitrogens with zero attached hydrogens (tertiary/aromatic N) is 5. The van der Waals surface area contributed by atoms with E-state index >= 15 is 0 Å². The van der Waals surface area contributed by atoms with Crippen molar-refractivity contribution >= 4 is 11.6 Å². The molecule has 5 rings (SSSR count). The first kappa shape index (κ1) is 18.6. The lowest BCUT2D eigenvalue weighted by Crippen LogP contribution is -2.46. The van der Waals surface area contributed by atoms with Crippen LogP contribution in [0.5, 0.6) is 6.01 Å². The van der Waals surface area contributed by atoms with E-state index in [9.17, 15) is 0 Å². The standard InChI is InChI=1S/C21H28N6O2/c1-26-17-7-2-14(12-17)13-18(26)29-21-24-19(15-3-5-16(22)6-4-15)23-20(25-21)27-8-10-28-11-9-27/h3-6,14,17-18H,2,7-13,22H2,1H3. The lowest BCUT2D eigenvalue weighted by Gasteiger charge is -2.37. The van der Waals surface area contributed by atoms with Crippen molar-refractivity contribution in [2.45, 2.75) is 38.0 Å². The number of benzene rings is 1. The van der Waals surface area contributed by atoms with Gasteiger partial charge in [0, 0.05) is 36.8 Å². The van der Waals surface area contributed by atoms with Crippen LogP contribution in [0.25, 0.3) is 11.4 Å². The van der Waals surface area contributed by atoms with Gasteiger partial charge in [0.05, 0.1) is 13.2 Å². The van der Waals surface area contributed by atoms with Crippen molar-refractivity contribution in [3.8, 4) is 17.4 Å². The minimum atomic E-state index is 0.0143. The SMILES string of the molecule is CN1C2CCC(C2)CC1Oc1nc(-c2ccc(N)cc2)nc(N2CCOCC2)n1. The molecule has 2 aliphatic heterocycles. The van der Waals surface area contributed by atoms with Gasteiger partial charge in [0.25, 0.3) is 0 Å². The van der Waals surface area contributed by atoms with Gasteiger partial charge in [-0.2, -0.15) is 15.0 Å². The van der Waals surface area contributed by atoms with Gasteiger partial charge in [0.2, 0.25) is 5.95 Å². The van der Waals surface area contributed by atoms with Crippen molar-refractivity contribution < 1.29 is 9.47 Å². The largest absolute Gasteiger partial charge is 0.444 e. The maximum atomic E-state index is 6.35. The average Bonchev–Trinajstić information content (AvgIpc) is 3.16. The van der Waals surface area contributed by atoms with Crippen molar-refractivity contribution in [2.75, 3.05) is 44.0 Å². The maximum Gasteiger partial charge on any atom is 0.323 e. The van der Waals surface area contributed by atoms with E-state index < -0.39 is 0 Å². The summed E-state index contributed by atoms with van der Waals surface area (Å²) in [6.45, 7) is 2.87. The zero-order valence-corrected chi connectivity index (χ0v) is 16.8. The van der Waals surface area contributed by atoms with Crippen LogP contribution in [0, 0.1) is 5.92 Å². The monoisotopic (exact) mass is 396 g/mol. The summed E-state index contributed by atoms with van der Waals surface area (Å²) in [5.41, 5.74) is 7.46. The van der Waals surface area contributed by atoms with E-state index in [1.807, 2.05) is 24.3 Å². The number of fused-ring (bicyclic) bond motifs is 2. The highest BCUT2D eigenvalue weighted by molar-refractivity contribution is 5.60. The Labute approximate surface area is 171 Å². The van der Waals surface area contributed by atoms with Crippen molar-refractivity contribution in [3.05, 3.63) is 24.3 Å². The maximum absolute atomic E-state index is 6.35. The Morgan fingerprint density at radius 3 is 2.62 bits per heavy atom. The molecule has 2 N–H and O–H groups in total. The number of piperidine rings is 1. The summed E-state index contributed by atoms with van der Waals surface area (Å²) in [4.78, 5) is 18.5. The smallest absolute Gasteiger partial charge is 0.323 e. The normalized spacial score (nSPS) is 27.2. The predicted octanol–water partition coefficient (Wildman–Crippen LogP) is 2.17. The average molecular weight is 396 g/mol. The molecule has 8 heteroatoms. The number of hydrogen-bond acceptors (Lipinski definition) is 8. The van der Waals surface area contributed by atoms with Gasteiger partial charge in [-0.05, 0) is 56.5 Å². The second-order valence-electron chi connectivity index (χ2n) is 8.27. The van der Waals surface area contributed by atoms with Crippen molar-refractivity contribution in [1.29, 1.82) is 0 Å². The lowest BCUT2D eigenvalue weighted by molar-refractivity contribution is -0.0246. The van der Waals surface area contributed by atoms with Gasteiger partial charge in [-0.3, -0.25) is 4.90 Å². The highest BCUT2D eigenvalue weighted by atomic mass is 16.5. The quantitative estimate of drug-likeness (QED) is 0.787. The first-order chi connectivity index (χ1) is 14.2. The summed E-state index contributed by atoms with van der Waals surface area (Å²) >= 11 is 0. The zero-order chi connectivity index (χ0) is 19.8. The van der Waals surface area contributed by atoms with E-state index in [0.29, 0.717) is 42.7 Å². The number of rotatable bonds is 4. The number of nitrogen functional groups attached to an aromatic ring is 1. The third-order valence-electron chi connectivity index (χ3n) is 6.39. The number of ether oxygens (including phenoxy) is 2. The summed E-state index contributed by atoms with van der Waals surface area (Å²) in [7, 11) is 2.15. The lowest BCUT2D eigenvalue weighted by atomic mass is 9.98. The van der Waals surface area contributed by atoms with Gasteiger partial charge in [-0.1, -0.05) is 0 Å². The van der Waals surface area contributed by atoms with Crippen molar-refractivity contribution in [1.82, 2.24) is 19.9 Å².